The predicted molar refractivity (Wildman–Crippen MR) is 55.7 cm³/mol. The normalized spacial score (nSPS) is 19.7. The molecule has 3 N–H and O–H groups in total. The van der Waals surface area contributed by atoms with Crippen LogP contribution in [-0.4, -0.2) is 62.6 Å². The third-order valence-electron chi connectivity index (χ3n) is 2.30. The van der Waals surface area contributed by atoms with Crippen molar-refractivity contribution >= 4 is 16.2 Å². The molecule has 0 saturated carbocycles. The first-order chi connectivity index (χ1) is 8.10. The highest BCUT2D eigenvalue weighted by molar-refractivity contribution is 7.87. The number of hydrogen-bond acceptors (Lipinski definition) is 4. The molecule has 0 spiro atoms. The molecule has 0 unspecified atom stereocenters. The molecule has 7 nitrogen and oxygen atoms in total. The quantitative estimate of drug-likeness (QED) is 0.702. The molecule has 0 aliphatic carbocycles. The third-order valence-corrected chi connectivity index (χ3v) is 3.81. The molecule has 106 valence electrons. The van der Waals surface area contributed by atoms with E-state index in [4.69, 9.17) is 0 Å². The summed E-state index contributed by atoms with van der Waals surface area (Å²) in [6, 6.07) is -1.23. The number of carbonyl (C=O) groups excluding carboxylic acids is 1. The van der Waals surface area contributed by atoms with Crippen molar-refractivity contribution < 1.29 is 26.4 Å². The van der Waals surface area contributed by atoms with E-state index in [9.17, 15) is 26.4 Å². The second kappa shape index (κ2) is 5.28. The van der Waals surface area contributed by atoms with Crippen LogP contribution in [0.1, 0.15) is 0 Å². The minimum absolute atomic E-state index is 0.0564. The van der Waals surface area contributed by atoms with Gasteiger partial charge in [-0.3, -0.25) is 4.90 Å². The summed E-state index contributed by atoms with van der Waals surface area (Å²) >= 11 is 0. The Morgan fingerprint density at radius 1 is 1.22 bits per heavy atom. The predicted octanol–water partition coefficient (Wildman–Crippen LogP) is -0.921. The van der Waals surface area contributed by atoms with E-state index >= 15 is 0 Å². The van der Waals surface area contributed by atoms with Gasteiger partial charge in [-0.05, 0) is 0 Å². The fourth-order valence-electron chi connectivity index (χ4n) is 1.57. The van der Waals surface area contributed by atoms with Crippen molar-refractivity contribution in [1.29, 1.82) is 0 Å². The average molecular weight is 290 g/mol. The average Bonchev–Trinajstić information content (AvgIpc) is 2.13. The zero-order chi connectivity index (χ0) is 14.0. The molecular formula is C7H13F3N4O3S. The van der Waals surface area contributed by atoms with E-state index in [2.05, 4.69) is 5.73 Å². The van der Waals surface area contributed by atoms with Crippen LogP contribution in [-0.2, 0) is 10.2 Å². The third kappa shape index (κ3) is 4.66. The van der Waals surface area contributed by atoms with E-state index in [0.29, 0.717) is 0 Å². The van der Waals surface area contributed by atoms with Gasteiger partial charge in [-0.15, -0.1) is 0 Å². The van der Waals surface area contributed by atoms with Crippen LogP contribution in [0, 0.1) is 0 Å². The van der Waals surface area contributed by atoms with Gasteiger partial charge in [-0.1, -0.05) is 0 Å². The summed E-state index contributed by atoms with van der Waals surface area (Å²) in [6.07, 6.45) is -4.31. The standard InChI is InChI=1S/C7H13F3N4O3S/c8-7(9,10)5-13-1-3-14(4-2-13)18(16,17)12-6(11)15/h1-5H2,(H3,11,12,15). The van der Waals surface area contributed by atoms with Gasteiger partial charge in [0.25, 0.3) is 0 Å². The van der Waals surface area contributed by atoms with Gasteiger partial charge in [0.05, 0.1) is 6.54 Å². The first-order valence-corrected chi connectivity index (χ1v) is 6.40. The van der Waals surface area contributed by atoms with Gasteiger partial charge in [0.15, 0.2) is 0 Å². The molecule has 1 saturated heterocycles. The summed E-state index contributed by atoms with van der Waals surface area (Å²) in [5, 5.41) is 0. The number of urea groups is 1. The molecule has 0 bridgehead atoms. The van der Waals surface area contributed by atoms with Gasteiger partial charge < -0.3 is 5.73 Å². The summed E-state index contributed by atoms with van der Waals surface area (Å²) in [6.45, 7) is -1.44. The van der Waals surface area contributed by atoms with Crippen molar-refractivity contribution in [3.63, 3.8) is 0 Å². The van der Waals surface area contributed by atoms with E-state index < -0.39 is 29.0 Å². The van der Waals surface area contributed by atoms with Crippen LogP contribution < -0.4 is 10.5 Å². The highest BCUT2D eigenvalue weighted by atomic mass is 32.2. The zero-order valence-corrected chi connectivity index (χ0v) is 10.1. The van der Waals surface area contributed by atoms with Gasteiger partial charge in [0.2, 0.25) is 0 Å². The molecule has 0 aromatic carbocycles. The Balaban J connectivity index is 2.51. The van der Waals surface area contributed by atoms with Crippen molar-refractivity contribution in [2.75, 3.05) is 32.7 Å². The fourth-order valence-corrected chi connectivity index (χ4v) is 2.60. The maximum Gasteiger partial charge on any atom is 0.401 e. The number of alkyl halides is 3. The summed E-state index contributed by atoms with van der Waals surface area (Å²) in [5.74, 6) is 0. The van der Waals surface area contributed by atoms with Gasteiger partial charge in [0, 0.05) is 26.2 Å². The first kappa shape index (κ1) is 15.0. The molecule has 1 heterocycles. The van der Waals surface area contributed by atoms with Crippen LogP contribution in [0.3, 0.4) is 0 Å². The Labute approximate surface area is 102 Å². The number of rotatable bonds is 3. The minimum Gasteiger partial charge on any atom is -0.351 e. The number of nitrogens with zero attached hydrogens (tertiary/aromatic N) is 2. The monoisotopic (exact) mass is 290 g/mol. The van der Waals surface area contributed by atoms with E-state index in [1.807, 2.05) is 0 Å². The first-order valence-electron chi connectivity index (χ1n) is 4.96. The topological polar surface area (TPSA) is 95.7 Å². The van der Waals surface area contributed by atoms with Crippen molar-refractivity contribution in [2.24, 2.45) is 5.73 Å². The van der Waals surface area contributed by atoms with E-state index in [1.165, 1.54) is 0 Å². The lowest BCUT2D eigenvalue weighted by Gasteiger charge is -2.33. The molecule has 0 aromatic rings. The summed E-state index contributed by atoms with van der Waals surface area (Å²) in [5.41, 5.74) is 4.68. The lowest BCUT2D eigenvalue weighted by Crippen LogP contribution is -2.54. The highest BCUT2D eigenvalue weighted by Gasteiger charge is 2.34. The van der Waals surface area contributed by atoms with Gasteiger partial charge in [-0.25, -0.2) is 9.52 Å². The van der Waals surface area contributed by atoms with Crippen LogP contribution in [0.25, 0.3) is 0 Å². The van der Waals surface area contributed by atoms with Gasteiger partial charge in [-0.2, -0.15) is 25.9 Å². The van der Waals surface area contributed by atoms with Crippen molar-refractivity contribution in [1.82, 2.24) is 13.9 Å². The molecule has 0 aromatic heterocycles. The van der Waals surface area contributed by atoms with Crippen molar-refractivity contribution in [3.05, 3.63) is 0 Å². The summed E-state index contributed by atoms with van der Waals surface area (Å²) < 4.78 is 61.6. The number of hydrogen-bond donors (Lipinski definition) is 2. The molecule has 1 fully saturated rings. The molecule has 1 aliphatic rings. The second-order valence-electron chi connectivity index (χ2n) is 3.76. The second-order valence-corrected chi connectivity index (χ2v) is 5.43. The van der Waals surface area contributed by atoms with Crippen LogP contribution in [0.4, 0.5) is 18.0 Å². The molecule has 1 aliphatic heterocycles. The van der Waals surface area contributed by atoms with Crippen molar-refractivity contribution in [3.8, 4) is 0 Å². The SMILES string of the molecule is NC(=O)NS(=O)(=O)N1CCN(CC(F)(F)F)CC1. The zero-order valence-electron chi connectivity index (χ0n) is 9.27. The van der Waals surface area contributed by atoms with E-state index in [0.717, 1.165) is 9.21 Å². The number of nitrogens with one attached hydrogen (secondary N) is 1. The number of carbonyl (C=O) groups is 1. The van der Waals surface area contributed by atoms with Crippen LogP contribution in [0.15, 0.2) is 0 Å². The van der Waals surface area contributed by atoms with Crippen molar-refractivity contribution in [2.45, 2.75) is 6.18 Å². The van der Waals surface area contributed by atoms with Crippen LogP contribution in [0.5, 0.6) is 0 Å². The Hall–Kier alpha value is -1.07. The largest absolute Gasteiger partial charge is 0.401 e. The smallest absolute Gasteiger partial charge is 0.351 e. The Morgan fingerprint density at radius 3 is 2.11 bits per heavy atom. The summed E-state index contributed by atoms with van der Waals surface area (Å²) in [4.78, 5) is 11.5. The summed E-state index contributed by atoms with van der Waals surface area (Å²) in [7, 11) is -4.05. The van der Waals surface area contributed by atoms with Gasteiger partial charge in [0.1, 0.15) is 0 Å². The number of nitrogens with two attached hydrogens (primary N) is 1. The number of halogens is 3. The Bertz CT molecular complexity index is 403. The molecular weight excluding hydrogens is 277 g/mol. The lowest BCUT2D eigenvalue weighted by atomic mass is 10.3. The Morgan fingerprint density at radius 2 is 1.72 bits per heavy atom. The number of primary amides is 1. The number of piperazine rings is 1. The molecule has 0 radical (unpaired) electrons. The van der Waals surface area contributed by atoms with Crippen LogP contribution in [0.2, 0.25) is 0 Å². The van der Waals surface area contributed by atoms with E-state index in [1.54, 1.807) is 4.72 Å². The molecule has 11 heteroatoms. The maximum atomic E-state index is 12.1. The number of amides is 2. The van der Waals surface area contributed by atoms with Gasteiger partial charge >= 0.3 is 22.4 Å². The van der Waals surface area contributed by atoms with E-state index in [-0.39, 0.29) is 26.2 Å². The fraction of sp³-hybridized carbons (Fsp3) is 0.857. The Kier molecular flexibility index (Phi) is 4.40. The molecule has 1 rings (SSSR count). The van der Waals surface area contributed by atoms with Crippen LogP contribution >= 0.6 is 0 Å². The highest BCUT2D eigenvalue weighted by Crippen LogP contribution is 2.17. The molecule has 2 amide bonds. The molecule has 18 heavy (non-hydrogen) atoms. The maximum absolute atomic E-state index is 12.1. The molecule has 0 atom stereocenters. The minimum atomic E-state index is -4.31. The lowest BCUT2D eigenvalue weighted by molar-refractivity contribution is -0.148.